The fraction of sp³-hybridized carbons (Fsp3) is 0.440. The van der Waals surface area contributed by atoms with Gasteiger partial charge in [0.25, 0.3) is 0 Å². The molecular weight excluding hydrogens is 443 g/mol. The predicted octanol–water partition coefficient (Wildman–Crippen LogP) is 5.66. The Morgan fingerprint density at radius 2 is 1.27 bits per heavy atom. The number of ketones is 1. The second-order valence-corrected chi connectivity index (χ2v) is 9.55. The second kappa shape index (κ2) is 10.8. The van der Waals surface area contributed by atoms with Crippen LogP contribution < -0.4 is 18.9 Å². The summed E-state index contributed by atoms with van der Waals surface area (Å²) in [4.78, 5) is 27.7. The van der Waals surface area contributed by atoms with Crippen molar-refractivity contribution in [1.29, 1.82) is 0 Å². The Kier molecular flexibility index (Phi) is 8.09. The Labute approximate surface area is 195 Å². The Bertz CT molecular complexity index is 995. The monoisotopic (exact) mass is 473 g/mol. The van der Waals surface area contributed by atoms with Gasteiger partial charge in [0.15, 0.2) is 5.56 Å². The molecule has 1 unspecified atom stereocenters. The first-order valence-corrected chi connectivity index (χ1v) is 12.4. The third-order valence-electron chi connectivity index (χ3n) is 5.88. The van der Waals surface area contributed by atoms with Crippen molar-refractivity contribution < 1.29 is 33.1 Å². The molecule has 1 aliphatic carbocycles. The van der Waals surface area contributed by atoms with E-state index >= 15 is 0 Å². The van der Waals surface area contributed by atoms with Gasteiger partial charge in [0, 0.05) is 12.8 Å². The molecule has 33 heavy (non-hydrogen) atoms. The lowest BCUT2D eigenvalue weighted by atomic mass is 9.93. The van der Waals surface area contributed by atoms with Gasteiger partial charge in [0.1, 0.15) is 28.6 Å². The fourth-order valence-electron chi connectivity index (χ4n) is 4.36. The van der Waals surface area contributed by atoms with Gasteiger partial charge in [-0.05, 0) is 51.0 Å². The lowest BCUT2D eigenvalue weighted by molar-refractivity contribution is 0.0923. The summed E-state index contributed by atoms with van der Waals surface area (Å²) in [5.74, 6) is 0.868. The first-order chi connectivity index (χ1) is 15.9. The molecule has 0 bridgehead atoms. The molecule has 1 aliphatic rings. The summed E-state index contributed by atoms with van der Waals surface area (Å²) in [6.45, 7) is 4.36. The van der Waals surface area contributed by atoms with Gasteiger partial charge in [-0.3, -0.25) is 4.79 Å². The van der Waals surface area contributed by atoms with E-state index in [4.69, 9.17) is 18.9 Å². The van der Waals surface area contributed by atoms with Gasteiger partial charge in [-0.1, -0.05) is 16.7 Å². The predicted molar refractivity (Wildman–Crippen MR) is 126 cm³/mol. The summed E-state index contributed by atoms with van der Waals surface area (Å²) in [6.07, 6.45) is 2.08. The number of ether oxygens (including phenoxy) is 4. The van der Waals surface area contributed by atoms with Crippen LogP contribution in [-0.4, -0.2) is 43.9 Å². The van der Waals surface area contributed by atoms with Crippen molar-refractivity contribution >= 4 is 19.1 Å². The van der Waals surface area contributed by atoms with Crippen LogP contribution >= 0.6 is 7.80 Å². The number of methoxy groups -OCH3 is 2. The molecule has 1 fully saturated rings. The van der Waals surface area contributed by atoms with E-state index in [1.54, 1.807) is 36.4 Å². The summed E-state index contributed by atoms with van der Waals surface area (Å²) < 4.78 is 36.1. The molecule has 1 saturated carbocycles. The lowest BCUT2D eigenvalue weighted by Crippen LogP contribution is -2.34. The van der Waals surface area contributed by atoms with Gasteiger partial charge in [-0.25, -0.2) is 4.79 Å². The molecule has 7 nitrogen and oxygen atoms in total. The molecule has 176 valence electrons. The van der Waals surface area contributed by atoms with Gasteiger partial charge in [-0.15, -0.1) is 0 Å². The van der Waals surface area contributed by atoms with Gasteiger partial charge in [0.2, 0.25) is 10.9 Å². The number of carbonyl (C=O) groups excluding carboxylic acids is 2. The fourth-order valence-corrected chi connectivity index (χ4v) is 6.19. The van der Waals surface area contributed by atoms with Crippen molar-refractivity contribution in [2.24, 2.45) is 0 Å². The van der Waals surface area contributed by atoms with Gasteiger partial charge >= 0.3 is 13.3 Å². The van der Waals surface area contributed by atoms with Crippen molar-refractivity contribution in [2.45, 2.75) is 44.7 Å². The minimum atomic E-state index is -2.66. The van der Waals surface area contributed by atoms with E-state index in [-0.39, 0.29) is 28.4 Å². The highest BCUT2D eigenvalue weighted by Crippen LogP contribution is 2.56. The number of rotatable bonds is 11. The summed E-state index contributed by atoms with van der Waals surface area (Å²) in [5.41, 5.74) is -0.321. The topological polar surface area (TPSA) is 88.1 Å². The van der Waals surface area contributed by atoms with Crippen LogP contribution in [0.5, 0.6) is 23.0 Å². The molecule has 1 atom stereocenters. The van der Waals surface area contributed by atoms with Crippen LogP contribution in [0.2, 0.25) is 0 Å². The maximum atomic E-state index is 14.1. The average Bonchev–Trinajstić information content (AvgIpc) is 3.34. The summed E-state index contributed by atoms with van der Waals surface area (Å²) in [5, 5.41) is -1.35. The second-order valence-electron chi connectivity index (χ2n) is 7.70. The first-order valence-electron chi connectivity index (χ1n) is 11.1. The zero-order chi connectivity index (χ0) is 24.0. The molecule has 2 aromatic rings. The van der Waals surface area contributed by atoms with Crippen molar-refractivity contribution in [3.63, 3.8) is 0 Å². The third-order valence-corrected chi connectivity index (χ3v) is 7.90. The van der Waals surface area contributed by atoms with Crippen molar-refractivity contribution in [3.8, 4) is 23.0 Å². The van der Waals surface area contributed by atoms with E-state index in [0.717, 1.165) is 0 Å². The summed E-state index contributed by atoms with van der Waals surface area (Å²) in [6, 6.07) is 10.0. The maximum absolute atomic E-state index is 14.1. The van der Waals surface area contributed by atoms with Crippen molar-refractivity contribution in [2.75, 3.05) is 27.4 Å². The Morgan fingerprint density at radius 1 is 0.818 bits per heavy atom. The molecule has 0 heterocycles. The number of carbonyl (C=O) groups is 2. The Balaban J connectivity index is 2.13. The maximum Gasteiger partial charge on any atom is 0.434 e. The van der Waals surface area contributed by atoms with Gasteiger partial charge in [0.05, 0.1) is 27.4 Å². The Morgan fingerprint density at radius 3 is 1.70 bits per heavy atom. The van der Waals surface area contributed by atoms with E-state index in [9.17, 15) is 14.2 Å². The molecule has 3 rings (SSSR count). The van der Waals surface area contributed by atoms with Crippen LogP contribution in [0.15, 0.2) is 36.4 Å². The minimum Gasteiger partial charge on any atom is -0.496 e. The van der Waals surface area contributed by atoms with Crippen molar-refractivity contribution in [1.82, 2.24) is 0 Å². The van der Waals surface area contributed by atoms with E-state index in [2.05, 4.69) is 0 Å². The highest BCUT2D eigenvalue weighted by Gasteiger charge is 2.62. The molecule has 2 aromatic carbocycles. The highest BCUT2D eigenvalue weighted by atomic mass is 31.1. The quantitative estimate of drug-likeness (QED) is 0.307. The molecule has 0 aromatic heterocycles. The number of hydrogen-bond acceptors (Lipinski definition) is 7. The van der Waals surface area contributed by atoms with E-state index in [1.165, 1.54) is 14.2 Å². The van der Waals surface area contributed by atoms with E-state index < -0.39 is 18.5 Å². The third kappa shape index (κ3) is 4.60. The normalized spacial score (nSPS) is 15.0. The number of Topliss-reactive ketones (excluding diaryl/α,β-unsaturated/α-hetero) is 1. The molecule has 8 heteroatoms. The molecule has 0 saturated heterocycles. The SMILES string of the molecule is CCOc1cccc(OCC)c1C(=O)C1([P+](=O)C(=O)c2c(OC)cccc2OC)CCCC1. The van der Waals surface area contributed by atoms with Crippen LogP contribution in [0, 0.1) is 0 Å². The molecule has 0 N–H and O–H groups in total. The molecule has 0 spiro atoms. The van der Waals surface area contributed by atoms with Crippen LogP contribution in [0.4, 0.5) is 0 Å². The molecule has 0 aliphatic heterocycles. The van der Waals surface area contributed by atoms with E-state index in [0.29, 0.717) is 50.4 Å². The van der Waals surface area contributed by atoms with Gasteiger partial charge < -0.3 is 18.9 Å². The van der Waals surface area contributed by atoms with Gasteiger partial charge in [-0.2, -0.15) is 0 Å². The van der Waals surface area contributed by atoms with Crippen LogP contribution in [0.25, 0.3) is 0 Å². The number of hydrogen-bond donors (Lipinski definition) is 0. The standard InChI is InChI=1S/C25H30O7P/c1-5-31-19-13-10-14-20(32-6-2)21(19)23(26)25(15-7-8-16-25)33(28)24(27)22-17(29-3)11-9-12-18(22)30-4/h9-14H,5-8,15-16H2,1-4H3/q+1. The summed E-state index contributed by atoms with van der Waals surface area (Å²) in [7, 11) is 0.202. The summed E-state index contributed by atoms with van der Waals surface area (Å²) >= 11 is 0. The number of benzene rings is 2. The van der Waals surface area contributed by atoms with Crippen LogP contribution in [0.3, 0.4) is 0 Å². The largest absolute Gasteiger partial charge is 0.496 e. The zero-order valence-electron chi connectivity index (χ0n) is 19.5. The van der Waals surface area contributed by atoms with Crippen LogP contribution in [-0.2, 0) is 4.57 Å². The first kappa shape index (κ1) is 24.7. The minimum absolute atomic E-state index is 0.0887. The molecular formula is C25H30O7P+. The van der Waals surface area contributed by atoms with Crippen LogP contribution in [0.1, 0.15) is 60.2 Å². The average molecular weight is 473 g/mol. The highest BCUT2D eigenvalue weighted by molar-refractivity contribution is 7.67. The zero-order valence-corrected chi connectivity index (χ0v) is 20.4. The smallest absolute Gasteiger partial charge is 0.434 e. The van der Waals surface area contributed by atoms with Crippen molar-refractivity contribution in [3.05, 3.63) is 47.5 Å². The van der Waals surface area contributed by atoms with E-state index in [1.807, 2.05) is 13.8 Å². The lowest BCUT2D eigenvalue weighted by Gasteiger charge is -2.21. The molecule has 0 radical (unpaired) electrons. The molecule has 0 amide bonds. The Hall–Kier alpha value is -2.92.